The second kappa shape index (κ2) is 3.85. The minimum Gasteiger partial charge on any atom is -0.277 e. The van der Waals surface area contributed by atoms with Gasteiger partial charge in [0.2, 0.25) is 0 Å². The topological polar surface area (TPSA) is 15.6 Å². The predicted octanol–water partition coefficient (Wildman–Crippen LogP) is 2.48. The Bertz CT molecular complexity index is 232. The van der Waals surface area contributed by atoms with E-state index in [9.17, 15) is 8.78 Å². The van der Waals surface area contributed by atoms with Crippen molar-refractivity contribution in [2.24, 2.45) is 10.9 Å². The van der Waals surface area contributed by atoms with Crippen molar-refractivity contribution in [1.29, 1.82) is 0 Å². The zero-order valence-corrected chi connectivity index (χ0v) is 7.93. The molecule has 13 heavy (non-hydrogen) atoms. The van der Waals surface area contributed by atoms with Crippen LogP contribution in [-0.4, -0.2) is 24.3 Å². The molecule has 74 valence electrons. The summed E-state index contributed by atoms with van der Waals surface area (Å²) in [6.45, 7) is 2.56. The lowest BCUT2D eigenvalue weighted by molar-refractivity contribution is 0.0404. The maximum absolute atomic E-state index is 12.6. The molecule has 0 spiro atoms. The first kappa shape index (κ1) is 10.2. The fourth-order valence-electron chi connectivity index (χ4n) is 1.29. The molecule has 1 rings (SSSR count). The first-order valence-electron chi connectivity index (χ1n) is 4.27. The third kappa shape index (κ3) is 2.26. The molecule has 0 aromatic rings. The van der Waals surface area contributed by atoms with Gasteiger partial charge in [-0.25, -0.2) is 0 Å². The third-order valence-electron chi connectivity index (χ3n) is 2.02. The third-order valence-corrected chi connectivity index (χ3v) is 2.02. The Labute approximate surface area is 76.9 Å². The van der Waals surface area contributed by atoms with Crippen LogP contribution in [-0.2, 0) is 0 Å². The van der Waals surface area contributed by atoms with Crippen LogP contribution in [0.5, 0.6) is 0 Å². The van der Waals surface area contributed by atoms with Gasteiger partial charge in [-0.1, -0.05) is 6.58 Å². The molecule has 0 aliphatic heterocycles. The zero-order chi connectivity index (χ0) is 10.0. The number of amidine groups is 1. The van der Waals surface area contributed by atoms with Crippen molar-refractivity contribution in [3.63, 3.8) is 0 Å². The Hall–Kier alpha value is -0.930. The van der Waals surface area contributed by atoms with Gasteiger partial charge < -0.3 is 0 Å². The van der Waals surface area contributed by atoms with Crippen LogP contribution >= 0.6 is 0 Å². The van der Waals surface area contributed by atoms with E-state index in [0.29, 0.717) is 11.5 Å². The summed E-state index contributed by atoms with van der Waals surface area (Å²) < 4.78 is 25.1. The van der Waals surface area contributed by atoms with Crippen molar-refractivity contribution in [1.82, 2.24) is 4.90 Å². The molecule has 1 fully saturated rings. The normalized spacial score (nSPS) is 17.8. The summed E-state index contributed by atoms with van der Waals surface area (Å²) in [6.07, 6.45) is 1.92. The van der Waals surface area contributed by atoms with Crippen molar-refractivity contribution in [3.8, 4) is 0 Å². The standard InChI is InChI=1S/C9H14F2N2/c1-6(2)13(9(10)11)8(12-3)7-4-5-7/h7,9H,1,4-5H2,2-3H3. The van der Waals surface area contributed by atoms with Crippen LogP contribution in [0.3, 0.4) is 0 Å². The molecule has 0 heterocycles. The number of nitrogens with zero attached hydrogens (tertiary/aromatic N) is 2. The molecule has 0 radical (unpaired) electrons. The van der Waals surface area contributed by atoms with Gasteiger partial charge in [-0.15, -0.1) is 0 Å². The highest BCUT2D eigenvalue weighted by atomic mass is 19.3. The van der Waals surface area contributed by atoms with E-state index in [0.717, 1.165) is 17.7 Å². The van der Waals surface area contributed by atoms with Crippen LogP contribution in [0.4, 0.5) is 8.78 Å². The van der Waals surface area contributed by atoms with Gasteiger partial charge in [-0.2, -0.15) is 8.78 Å². The van der Waals surface area contributed by atoms with E-state index in [-0.39, 0.29) is 5.92 Å². The van der Waals surface area contributed by atoms with E-state index in [1.54, 1.807) is 14.0 Å². The van der Waals surface area contributed by atoms with Gasteiger partial charge in [0, 0.05) is 18.7 Å². The van der Waals surface area contributed by atoms with Gasteiger partial charge in [0.25, 0.3) is 0 Å². The molecular weight excluding hydrogens is 174 g/mol. The van der Waals surface area contributed by atoms with Gasteiger partial charge in [0.15, 0.2) is 0 Å². The van der Waals surface area contributed by atoms with Gasteiger partial charge in [-0.05, 0) is 19.8 Å². The summed E-state index contributed by atoms with van der Waals surface area (Å²) in [5.74, 6) is 0.693. The predicted molar refractivity (Wildman–Crippen MR) is 48.7 cm³/mol. The van der Waals surface area contributed by atoms with Crippen molar-refractivity contribution in [2.75, 3.05) is 7.05 Å². The summed E-state index contributed by atoms with van der Waals surface area (Å²) in [5, 5.41) is 0. The van der Waals surface area contributed by atoms with Gasteiger partial charge in [0.05, 0.1) is 0 Å². The quantitative estimate of drug-likeness (QED) is 0.377. The molecule has 0 unspecified atom stereocenters. The van der Waals surface area contributed by atoms with E-state index in [4.69, 9.17) is 0 Å². The number of rotatable bonds is 3. The Kier molecular flexibility index (Phi) is 3.01. The summed E-state index contributed by atoms with van der Waals surface area (Å²) >= 11 is 0. The highest BCUT2D eigenvalue weighted by Gasteiger charge is 2.34. The largest absolute Gasteiger partial charge is 0.320 e. The molecule has 0 N–H and O–H groups in total. The van der Waals surface area contributed by atoms with E-state index in [1.165, 1.54) is 0 Å². The minimum absolute atomic E-state index is 0.218. The van der Waals surface area contributed by atoms with Crippen molar-refractivity contribution < 1.29 is 8.78 Å². The number of halogens is 2. The lowest BCUT2D eigenvalue weighted by Crippen LogP contribution is -2.34. The second-order valence-electron chi connectivity index (χ2n) is 3.24. The molecule has 1 aliphatic carbocycles. The Morgan fingerprint density at radius 2 is 2.08 bits per heavy atom. The molecule has 1 saturated carbocycles. The van der Waals surface area contributed by atoms with Gasteiger partial charge >= 0.3 is 6.55 Å². The molecule has 0 bridgehead atoms. The molecule has 1 aliphatic rings. The molecule has 0 aromatic carbocycles. The molecule has 0 atom stereocenters. The molecular formula is C9H14F2N2. The van der Waals surface area contributed by atoms with Crippen LogP contribution in [0, 0.1) is 5.92 Å². The van der Waals surface area contributed by atoms with E-state index in [2.05, 4.69) is 11.6 Å². The second-order valence-corrected chi connectivity index (χ2v) is 3.24. The highest BCUT2D eigenvalue weighted by molar-refractivity contribution is 5.88. The van der Waals surface area contributed by atoms with E-state index >= 15 is 0 Å². The summed E-state index contributed by atoms with van der Waals surface area (Å²) in [6, 6.07) is 0. The van der Waals surface area contributed by atoms with Crippen LogP contribution in [0.15, 0.2) is 17.3 Å². The molecule has 0 saturated heterocycles. The number of hydrogen-bond donors (Lipinski definition) is 0. The smallest absolute Gasteiger partial charge is 0.277 e. The lowest BCUT2D eigenvalue weighted by atomic mass is 10.3. The van der Waals surface area contributed by atoms with E-state index < -0.39 is 6.55 Å². The minimum atomic E-state index is -2.53. The lowest BCUT2D eigenvalue weighted by Gasteiger charge is -2.24. The maximum atomic E-state index is 12.6. The first-order valence-corrected chi connectivity index (χ1v) is 4.27. The fraction of sp³-hybridized carbons (Fsp3) is 0.667. The van der Waals surface area contributed by atoms with Crippen LogP contribution in [0.2, 0.25) is 0 Å². The SMILES string of the molecule is C=C(C)N(C(=NC)C1CC1)C(F)F. The van der Waals surface area contributed by atoms with Crippen molar-refractivity contribution in [3.05, 3.63) is 12.3 Å². The molecule has 0 amide bonds. The van der Waals surface area contributed by atoms with Crippen molar-refractivity contribution in [2.45, 2.75) is 26.3 Å². The average molecular weight is 188 g/mol. The van der Waals surface area contributed by atoms with Crippen molar-refractivity contribution >= 4 is 5.84 Å². The highest BCUT2D eigenvalue weighted by Crippen LogP contribution is 2.34. The zero-order valence-electron chi connectivity index (χ0n) is 7.93. The van der Waals surface area contributed by atoms with Crippen LogP contribution in [0.25, 0.3) is 0 Å². The maximum Gasteiger partial charge on any atom is 0.320 e. The number of alkyl halides is 2. The Morgan fingerprint density at radius 1 is 1.54 bits per heavy atom. The summed E-state index contributed by atoms with van der Waals surface area (Å²) in [4.78, 5) is 4.81. The van der Waals surface area contributed by atoms with Crippen LogP contribution in [0.1, 0.15) is 19.8 Å². The van der Waals surface area contributed by atoms with Gasteiger partial charge in [-0.3, -0.25) is 9.89 Å². The molecule has 0 aromatic heterocycles. The molecule has 4 heteroatoms. The Morgan fingerprint density at radius 3 is 2.31 bits per heavy atom. The fourth-order valence-corrected chi connectivity index (χ4v) is 1.29. The summed E-state index contributed by atoms with van der Waals surface area (Å²) in [5.41, 5.74) is 0.350. The first-order chi connectivity index (χ1) is 6.07. The molecule has 2 nitrogen and oxygen atoms in total. The number of aliphatic imine (C=N–C) groups is 1. The monoisotopic (exact) mass is 188 g/mol. The average Bonchev–Trinajstić information content (AvgIpc) is 2.80. The van der Waals surface area contributed by atoms with Gasteiger partial charge in [0.1, 0.15) is 5.84 Å². The number of hydrogen-bond acceptors (Lipinski definition) is 1. The van der Waals surface area contributed by atoms with E-state index in [1.807, 2.05) is 0 Å². The van der Waals surface area contributed by atoms with Crippen LogP contribution < -0.4 is 0 Å². The number of allylic oxidation sites excluding steroid dienone is 1. The Balaban J connectivity index is 2.78. The summed E-state index contributed by atoms with van der Waals surface area (Å²) in [7, 11) is 1.55.